The molecule has 0 spiro atoms. The van der Waals surface area contributed by atoms with Crippen molar-refractivity contribution < 1.29 is 27.5 Å². The van der Waals surface area contributed by atoms with Crippen molar-refractivity contribution in [1.29, 1.82) is 0 Å². The van der Waals surface area contributed by atoms with E-state index in [1.165, 1.54) is 23.1 Å². The molecule has 1 amide bonds. The van der Waals surface area contributed by atoms with E-state index in [-0.39, 0.29) is 36.7 Å². The second-order valence-corrected chi connectivity index (χ2v) is 8.21. The number of carbonyl (C=O) groups excluding carboxylic acids is 1. The van der Waals surface area contributed by atoms with Gasteiger partial charge in [0, 0.05) is 19.1 Å². The minimum Gasteiger partial charge on any atom is -0.480 e. The zero-order chi connectivity index (χ0) is 17.5. The number of carbonyl (C=O) groups is 2. The van der Waals surface area contributed by atoms with Gasteiger partial charge in [-0.25, -0.2) is 12.8 Å². The molecule has 0 radical (unpaired) electrons. The zero-order valence-corrected chi connectivity index (χ0v) is 13.6. The summed E-state index contributed by atoms with van der Waals surface area (Å²) in [7, 11) is -3.38. The van der Waals surface area contributed by atoms with Gasteiger partial charge in [0.15, 0.2) is 9.84 Å². The predicted octanol–water partition coefficient (Wildman–Crippen LogP) is -0.166. The number of halogens is 1. The fourth-order valence-corrected chi connectivity index (χ4v) is 5.45. The largest absolute Gasteiger partial charge is 0.480 e. The molecule has 2 aliphatic heterocycles. The van der Waals surface area contributed by atoms with Crippen LogP contribution < -0.4 is 0 Å². The molecule has 9 heteroatoms. The maximum absolute atomic E-state index is 13.9. The van der Waals surface area contributed by atoms with Gasteiger partial charge in [0.25, 0.3) is 5.91 Å². The molecule has 0 saturated carbocycles. The number of aliphatic carboxylic acids is 1. The molecule has 24 heavy (non-hydrogen) atoms. The SMILES string of the molecule is O=C(O)CN1CCN(C(=O)c2ccccc2F)[C@@H]2CS(=O)(=O)C[C@@H]21. The van der Waals surface area contributed by atoms with E-state index >= 15 is 0 Å². The van der Waals surface area contributed by atoms with Crippen LogP contribution in [0, 0.1) is 5.82 Å². The maximum Gasteiger partial charge on any atom is 0.317 e. The van der Waals surface area contributed by atoms with Crippen LogP contribution in [0.1, 0.15) is 10.4 Å². The first-order valence-electron chi connectivity index (χ1n) is 7.50. The molecule has 2 aliphatic rings. The van der Waals surface area contributed by atoms with E-state index in [0.29, 0.717) is 0 Å². The number of hydrogen-bond acceptors (Lipinski definition) is 5. The molecule has 0 bridgehead atoms. The van der Waals surface area contributed by atoms with Crippen molar-refractivity contribution >= 4 is 21.7 Å². The van der Waals surface area contributed by atoms with Crippen LogP contribution in [-0.2, 0) is 14.6 Å². The molecule has 7 nitrogen and oxygen atoms in total. The summed E-state index contributed by atoms with van der Waals surface area (Å²) < 4.78 is 37.9. The molecule has 0 aromatic heterocycles. The summed E-state index contributed by atoms with van der Waals surface area (Å²) in [6, 6.07) is 4.32. The van der Waals surface area contributed by atoms with Gasteiger partial charge in [0.1, 0.15) is 5.82 Å². The predicted molar refractivity (Wildman–Crippen MR) is 82.9 cm³/mol. The Bertz CT molecular complexity index is 782. The van der Waals surface area contributed by atoms with E-state index in [2.05, 4.69) is 0 Å². The monoisotopic (exact) mass is 356 g/mol. The minimum absolute atomic E-state index is 0.104. The van der Waals surface area contributed by atoms with Crippen LogP contribution in [0.25, 0.3) is 0 Å². The summed E-state index contributed by atoms with van der Waals surface area (Å²) in [5.74, 6) is -2.69. The quantitative estimate of drug-likeness (QED) is 0.808. The highest BCUT2D eigenvalue weighted by molar-refractivity contribution is 7.91. The molecule has 1 N–H and O–H groups in total. The number of nitrogens with zero attached hydrogens (tertiary/aromatic N) is 2. The topological polar surface area (TPSA) is 95.0 Å². The van der Waals surface area contributed by atoms with E-state index in [1.54, 1.807) is 11.0 Å². The van der Waals surface area contributed by atoms with Crippen LogP contribution >= 0.6 is 0 Å². The van der Waals surface area contributed by atoms with E-state index in [1.807, 2.05) is 0 Å². The molecule has 1 aromatic carbocycles. The van der Waals surface area contributed by atoms with E-state index in [4.69, 9.17) is 5.11 Å². The van der Waals surface area contributed by atoms with Gasteiger partial charge in [-0.1, -0.05) is 12.1 Å². The van der Waals surface area contributed by atoms with Crippen molar-refractivity contribution in [2.75, 3.05) is 31.1 Å². The summed E-state index contributed by atoms with van der Waals surface area (Å²) in [5.41, 5.74) is -0.104. The fourth-order valence-electron chi connectivity index (χ4n) is 3.44. The summed E-state index contributed by atoms with van der Waals surface area (Å²) in [4.78, 5) is 26.6. The molecule has 2 saturated heterocycles. The second-order valence-electron chi connectivity index (χ2n) is 6.05. The Morgan fingerprint density at radius 1 is 1.17 bits per heavy atom. The third-order valence-electron chi connectivity index (χ3n) is 4.49. The lowest BCUT2D eigenvalue weighted by molar-refractivity contribution is -0.139. The summed E-state index contributed by atoms with van der Waals surface area (Å²) in [5, 5.41) is 8.98. The Morgan fingerprint density at radius 3 is 2.50 bits per heavy atom. The lowest BCUT2D eigenvalue weighted by atomic mass is 10.0. The molecule has 130 valence electrons. The van der Waals surface area contributed by atoms with Gasteiger partial charge in [-0.15, -0.1) is 0 Å². The maximum atomic E-state index is 13.9. The average Bonchev–Trinajstić information content (AvgIpc) is 2.82. The number of sulfone groups is 1. The highest BCUT2D eigenvalue weighted by Crippen LogP contribution is 2.28. The Kier molecular flexibility index (Phi) is 4.31. The molecule has 2 heterocycles. The van der Waals surface area contributed by atoms with Gasteiger partial charge in [0.2, 0.25) is 0 Å². The summed E-state index contributed by atoms with van der Waals surface area (Å²) >= 11 is 0. The number of benzene rings is 1. The number of carboxylic acid groups (broad SMARTS) is 1. The van der Waals surface area contributed by atoms with Gasteiger partial charge in [-0.3, -0.25) is 14.5 Å². The lowest BCUT2D eigenvalue weighted by Crippen LogP contribution is -2.61. The molecule has 2 atom stereocenters. The highest BCUT2D eigenvalue weighted by Gasteiger charge is 2.48. The number of rotatable bonds is 3. The van der Waals surface area contributed by atoms with Gasteiger partial charge in [-0.05, 0) is 12.1 Å². The molecule has 0 unspecified atom stereocenters. The number of fused-ring (bicyclic) bond motifs is 1. The van der Waals surface area contributed by atoms with Crippen molar-refractivity contribution in [3.8, 4) is 0 Å². The summed E-state index contributed by atoms with van der Waals surface area (Å²) in [6.07, 6.45) is 0. The van der Waals surface area contributed by atoms with Crippen LogP contribution in [0.4, 0.5) is 4.39 Å². The Balaban J connectivity index is 1.90. The van der Waals surface area contributed by atoms with E-state index < -0.39 is 39.6 Å². The van der Waals surface area contributed by atoms with Crippen molar-refractivity contribution in [3.05, 3.63) is 35.6 Å². The van der Waals surface area contributed by atoms with E-state index in [9.17, 15) is 22.4 Å². The van der Waals surface area contributed by atoms with Gasteiger partial charge >= 0.3 is 5.97 Å². The molecular weight excluding hydrogens is 339 g/mol. The fraction of sp³-hybridized carbons (Fsp3) is 0.467. The molecule has 2 fully saturated rings. The van der Waals surface area contributed by atoms with Gasteiger partial charge in [-0.2, -0.15) is 0 Å². The molecule has 3 rings (SSSR count). The number of carboxylic acids is 1. The smallest absolute Gasteiger partial charge is 0.317 e. The normalized spacial score (nSPS) is 26.1. The number of hydrogen-bond donors (Lipinski definition) is 1. The Hall–Kier alpha value is -2.00. The minimum atomic E-state index is -3.38. The second kappa shape index (κ2) is 6.14. The first-order chi connectivity index (χ1) is 11.3. The third-order valence-corrected chi connectivity index (χ3v) is 6.19. The average molecular weight is 356 g/mol. The summed E-state index contributed by atoms with van der Waals surface area (Å²) in [6.45, 7) is 0.124. The Labute approximate surface area is 138 Å². The standard InChI is InChI=1S/C15H17FN2O5S/c16-11-4-2-1-3-10(11)15(21)18-6-5-17(7-14(19)20)12-8-24(22,23)9-13(12)18/h1-4,12-13H,5-9H2,(H,19,20)/t12-,13+/m0/s1. The third kappa shape index (κ3) is 3.13. The van der Waals surface area contributed by atoms with Gasteiger partial charge in [0.05, 0.1) is 29.7 Å². The molecule has 0 aliphatic carbocycles. The first-order valence-corrected chi connectivity index (χ1v) is 9.32. The Morgan fingerprint density at radius 2 is 1.83 bits per heavy atom. The van der Waals surface area contributed by atoms with Crippen LogP contribution in [0.5, 0.6) is 0 Å². The van der Waals surface area contributed by atoms with Crippen molar-refractivity contribution in [1.82, 2.24) is 9.80 Å². The van der Waals surface area contributed by atoms with Crippen molar-refractivity contribution in [3.63, 3.8) is 0 Å². The van der Waals surface area contributed by atoms with Crippen molar-refractivity contribution in [2.45, 2.75) is 12.1 Å². The zero-order valence-electron chi connectivity index (χ0n) is 12.8. The molecule has 1 aromatic rings. The van der Waals surface area contributed by atoms with Crippen LogP contribution in [-0.4, -0.2) is 78.4 Å². The number of piperazine rings is 1. The van der Waals surface area contributed by atoms with Crippen molar-refractivity contribution in [2.24, 2.45) is 0 Å². The number of amides is 1. The van der Waals surface area contributed by atoms with Crippen LogP contribution in [0.3, 0.4) is 0 Å². The first kappa shape index (κ1) is 16.8. The highest BCUT2D eigenvalue weighted by atomic mass is 32.2. The van der Waals surface area contributed by atoms with Crippen LogP contribution in [0.2, 0.25) is 0 Å². The van der Waals surface area contributed by atoms with E-state index in [0.717, 1.165) is 0 Å². The lowest BCUT2D eigenvalue weighted by Gasteiger charge is -2.43. The molecular formula is C15H17FN2O5S. The van der Waals surface area contributed by atoms with Crippen LogP contribution in [0.15, 0.2) is 24.3 Å². The van der Waals surface area contributed by atoms with Gasteiger partial charge < -0.3 is 10.0 Å².